The van der Waals surface area contributed by atoms with Gasteiger partial charge >= 0.3 is 0 Å². The second kappa shape index (κ2) is 5.68. The molecular formula is C18H23ClN2S. The van der Waals surface area contributed by atoms with Crippen LogP contribution in [0.1, 0.15) is 37.7 Å². The lowest BCUT2D eigenvalue weighted by Crippen LogP contribution is -2.56. The molecule has 1 aromatic rings. The van der Waals surface area contributed by atoms with E-state index in [0.717, 1.165) is 39.5 Å². The van der Waals surface area contributed by atoms with Crippen molar-refractivity contribution in [3.63, 3.8) is 0 Å². The molecule has 2 N–H and O–H groups in total. The van der Waals surface area contributed by atoms with Gasteiger partial charge in [0.15, 0.2) is 5.11 Å². The van der Waals surface area contributed by atoms with Gasteiger partial charge in [0, 0.05) is 16.8 Å². The van der Waals surface area contributed by atoms with Crippen molar-refractivity contribution in [2.24, 2.45) is 23.7 Å². The SMILES string of the molecule is Cc1ccc(Cl)cc1NC(=S)NC1C2CC3CC(C2)CC1C3. The van der Waals surface area contributed by atoms with Gasteiger partial charge in [-0.25, -0.2) is 0 Å². The maximum absolute atomic E-state index is 6.09. The summed E-state index contributed by atoms with van der Waals surface area (Å²) in [6.07, 6.45) is 7.12. The lowest BCUT2D eigenvalue weighted by molar-refractivity contribution is -0.00665. The standard InChI is InChI=1S/C18H23ClN2S/c1-10-2-3-15(19)9-16(10)20-18(22)21-17-13-5-11-4-12(7-13)8-14(17)6-11/h2-3,9,11-14,17H,4-8H2,1H3,(H2,20,21,22). The maximum atomic E-state index is 6.09. The van der Waals surface area contributed by atoms with Crippen molar-refractivity contribution in [3.8, 4) is 0 Å². The molecule has 4 aliphatic carbocycles. The fourth-order valence-corrected chi connectivity index (χ4v) is 5.62. The average Bonchev–Trinajstić information content (AvgIpc) is 2.46. The zero-order valence-electron chi connectivity index (χ0n) is 12.9. The first kappa shape index (κ1) is 14.8. The number of aryl methyl sites for hydroxylation is 1. The van der Waals surface area contributed by atoms with E-state index in [4.69, 9.17) is 23.8 Å². The van der Waals surface area contributed by atoms with E-state index >= 15 is 0 Å². The molecule has 0 aliphatic heterocycles. The Hall–Kier alpha value is -0.800. The van der Waals surface area contributed by atoms with Gasteiger partial charge in [-0.15, -0.1) is 0 Å². The Bertz CT molecular complexity index is 573. The second-order valence-corrected chi connectivity index (χ2v) is 8.36. The molecule has 4 saturated carbocycles. The van der Waals surface area contributed by atoms with E-state index in [2.05, 4.69) is 17.6 Å². The van der Waals surface area contributed by atoms with Crippen LogP contribution in [0.25, 0.3) is 0 Å². The summed E-state index contributed by atoms with van der Waals surface area (Å²) in [4.78, 5) is 0. The molecule has 4 aliphatic rings. The molecule has 5 rings (SSSR count). The molecule has 4 fully saturated rings. The van der Waals surface area contributed by atoms with E-state index in [-0.39, 0.29) is 0 Å². The molecule has 22 heavy (non-hydrogen) atoms. The van der Waals surface area contributed by atoms with Crippen molar-refractivity contribution in [2.45, 2.75) is 45.1 Å². The maximum Gasteiger partial charge on any atom is 0.171 e. The second-order valence-electron chi connectivity index (χ2n) is 7.51. The fraction of sp³-hybridized carbons (Fsp3) is 0.611. The molecule has 2 nitrogen and oxygen atoms in total. The molecule has 0 radical (unpaired) electrons. The predicted molar refractivity (Wildman–Crippen MR) is 96.4 cm³/mol. The number of anilines is 1. The highest BCUT2D eigenvalue weighted by Gasteiger charge is 2.48. The molecular weight excluding hydrogens is 312 g/mol. The monoisotopic (exact) mass is 334 g/mol. The van der Waals surface area contributed by atoms with E-state index in [9.17, 15) is 0 Å². The minimum atomic E-state index is 0.576. The van der Waals surface area contributed by atoms with E-state index in [0.29, 0.717) is 6.04 Å². The lowest BCUT2D eigenvalue weighted by Gasteiger charge is -2.54. The van der Waals surface area contributed by atoms with Gasteiger partial charge in [-0.05, 0) is 92.6 Å². The van der Waals surface area contributed by atoms with Crippen LogP contribution in [0.4, 0.5) is 5.69 Å². The van der Waals surface area contributed by atoms with Gasteiger partial charge < -0.3 is 10.6 Å². The highest BCUT2D eigenvalue weighted by atomic mass is 35.5. The van der Waals surface area contributed by atoms with Crippen LogP contribution >= 0.6 is 23.8 Å². The normalized spacial score (nSPS) is 35.5. The summed E-state index contributed by atoms with van der Waals surface area (Å²) < 4.78 is 0. The summed E-state index contributed by atoms with van der Waals surface area (Å²) in [5, 5.41) is 8.47. The van der Waals surface area contributed by atoms with Gasteiger partial charge in [-0.1, -0.05) is 17.7 Å². The van der Waals surface area contributed by atoms with Crippen molar-refractivity contribution in [2.75, 3.05) is 5.32 Å². The van der Waals surface area contributed by atoms with E-state index in [1.54, 1.807) is 0 Å². The van der Waals surface area contributed by atoms with Crippen LogP contribution in [0.15, 0.2) is 18.2 Å². The summed E-state index contributed by atoms with van der Waals surface area (Å²) in [5.74, 6) is 3.66. The van der Waals surface area contributed by atoms with Crippen molar-refractivity contribution in [3.05, 3.63) is 28.8 Å². The quantitative estimate of drug-likeness (QED) is 0.762. The third-order valence-electron chi connectivity index (χ3n) is 5.97. The van der Waals surface area contributed by atoms with Crippen LogP contribution in [0.2, 0.25) is 5.02 Å². The van der Waals surface area contributed by atoms with E-state index in [1.807, 2.05) is 18.2 Å². The van der Waals surface area contributed by atoms with Crippen LogP contribution in [0, 0.1) is 30.6 Å². The van der Waals surface area contributed by atoms with Crippen LogP contribution in [-0.2, 0) is 0 Å². The Morgan fingerprint density at radius 2 is 1.73 bits per heavy atom. The third kappa shape index (κ3) is 2.74. The molecule has 0 unspecified atom stereocenters. The molecule has 4 bridgehead atoms. The first-order chi connectivity index (χ1) is 10.6. The molecule has 0 heterocycles. The van der Waals surface area contributed by atoms with Gasteiger partial charge in [0.25, 0.3) is 0 Å². The zero-order chi connectivity index (χ0) is 15.3. The highest BCUT2D eigenvalue weighted by molar-refractivity contribution is 7.80. The summed E-state index contributed by atoms with van der Waals surface area (Å²) >= 11 is 11.7. The number of halogens is 1. The molecule has 0 aromatic heterocycles. The van der Waals surface area contributed by atoms with Crippen molar-refractivity contribution in [1.29, 1.82) is 0 Å². The smallest absolute Gasteiger partial charge is 0.171 e. The van der Waals surface area contributed by atoms with Crippen LogP contribution in [-0.4, -0.2) is 11.2 Å². The summed E-state index contributed by atoms with van der Waals surface area (Å²) in [6, 6.07) is 6.46. The van der Waals surface area contributed by atoms with Gasteiger partial charge in [0.2, 0.25) is 0 Å². The largest absolute Gasteiger partial charge is 0.359 e. The number of hydrogen-bond donors (Lipinski definition) is 2. The van der Waals surface area contributed by atoms with E-state index in [1.165, 1.54) is 37.7 Å². The predicted octanol–water partition coefficient (Wildman–Crippen LogP) is 4.76. The summed E-state index contributed by atoms with van der Waals surface area (Å²) in [7, 11) is 0. The van der Waals surface area contributed by atoms with Crippen molar-refractivity contribution in [1.82, 2.24) is 5.32 Å². The first-order valence-corrected chi connectivity index (χ1v) is 9.21. The molecule has 1 aromatic carbocycles. The van der Waals surface area contributed by atoms with E-state index < -0.39 is 0 Å². The van der Waals surface area contributed by atoms with Crippen molar-refractivity contribution >= 4 is 34.6 Å². The molecule has 0 spiro atoms. The number of rotatable bonds is 2. The molecule has 0 saturated heterocycles. The lowest BCUT2D eigenvalue weighted by atomic mass is 9.54. The fourth-order valence-electron chi connectivity index (χ4n) is 5.20. The summed E-state index contributed by atoms with van der Waals surface area (Å²) in [6.45, 7) is 2.07. The number of thiocarbonyl (C=S) groups is 1. The van der Waals surface area contributed by atoms with Crippen LogP contribution < -0.4 is 10.6 Å². The number of hydrogen-bond acceptors (Lipinski definition) is 1. The van der Waals surface area contributed by atoms with Crippen molar-refractivity contribution < 1.29 is 0 Å². The Kier molecular flexibility index (Phi) is 3.82. The molecule has 0 amide bonds. The Labute approximate surface area is 143 Å². The number of nitrogens with one attached hydrogen (secondary N) is 2. The third-order valence-corrected chi connectivity index (χ3v) is 6.43. The summed E-state index contributed by atoms with van der Waals surface area (Å²) in [5.41, 5.74) is 2.17. The average molecular weight is 335 g/mol. The molecule has 0 atom stereocenters. The zero-order valence-corrected chi connectivity index (χ0v) is 14.5. The molecule has 4 heteroatoms. The topological polar surface area (TPSA) is 24.1 Å². The molecule has 118 valence electrons. The van der Waals surface area contributed by atoms with Gasteiger partial charge in [0.1, 0.15) is 0 Å². The first-order valence-electron chi connectivity index (χ1n) is 8.42. The van der Waals surface area contributed by atoms with Crippen LogP contribution in [0.5, 0.6) is 0 Å². The Morgan fingerprint density at radius 3 is 2.36 bits per heavy atom. The highest BCUT2D eigenvalue weighted by Crippen LogP contribution is 2.53. The number of benzene rings is 1. The van der Waals surface area contributed by atoms with Crippen LogP contribution in [0.3, 0.4) is 0 Å². The minimum Gasteiger partial charge on any atom is -0.359 e. The Morgan fingerprint density at radius 1 is 1.09 bits per heavy atom. The van der Waals surface area contributed by atoms with Gasteiger partial charge in [0.05, 0.1) is 0 Å². The minimum absolute atomic E-state index is 0.576. The van der Waals surface area contributed by atoms with Gasteiger partial charge in [-0.2, -0.15) is 0 Å². The van der Waals surface area contributed by atoms with Gasteiger partial charge in [-0.3, -0.25) is 0 Å². The Balaban J connectivity index is 1.43.